The Labute approximate surface area is 79.0 Å². The topological polar surface area (TPSA) is 0 Å². The molecule has 0 spiro atoms. The zero-order chi connectivity index (χ0) is 10.2. The Bertz CT molecular complexity index is 457. The second kappa shape index (κ2) is 3.01. The van der Waals surface area contributed by atoms with Crippen molar-refractivity contribution in [2.45, 2.75) is 6.18 Å². The average Bonchev–Trinajstić information content (AvgIpc) is 2.16. The molecule has 71 valence electrons. The lowest BCUT2D eigenvalue weighted by molar-refractivity contribution is -0.137. The first-order chi connectivity index (χ1) is 6.57. The van der Waals surface area contributed by atoms with E-state index in [0.717, 1.165) is 11.5 Å². The van der Waals surface area contributed by atoms with Crippen LogP contribution in [0, 0.1) is 6.07 Å². The molecule has 0 N–H and O–H groups in total. The zero-order valence-corrected chi connectivity index (χ0v) is 7.10. The number of hydrogen-bond acceptors (Lipinski definition) is 0. The van der Waals surface area contributed by atoms with Gasteiger partial charge in [-0.25, -0.2) is 0 Å². The van der Waals surface area contributed by atoms with Crippen molar-refractivity contribution in [3.63, 3.8) is 0 Å². The highest BCUT2D eigenvalue weighted by atomic mass is 19.4. The normalized spacial score (nSPS) is 11.9. The molecule has 2 aromatic carbocycles. The van der Waals surface area contributed by atoms with Gasteiger partial charge in [-0.15, -0.1) is 0 Å². The van der Waals surface area contributed by atoms with Gasteiger partial charge in [0.1, 0.15) is 0 Å². The molecule has 3 heteroatoms. The van der Waals surface area contributed by atoms with Gasteiger partial charge in [0.2, 0.25) is 0 Å². The van der Waals surface area contributed by atoms with E-state index in [2.05, 4.69) is 6.07 Å². The largest absolute Gasteiger partial charge is 0.417 e. The minimum atomic E-state index is -4.32. The van der Waals surface area contributed by atoms with Gasteiger partial charge in [0.15, 0.2) is 0 Å². The fourth-order valence-electron chi connectivity index (χ4n) is 1.29. The first kappa shape index (κ1) is 9.06. The van der Waals surface area contributed by atoms with Gasteiger partial charge in [-0.2, -0.15) is 13.2 Å². The molecular formula is C11H6F3. The molecule has 0 aliphatic carbocycles. The molecule has 0 aliphatic heterocycles. The number of rotatable bonds is 0. The highest BCUT2D eigenvalue weighted by molar-refractivity contribution is 5.82. The van der Waals surface area contributed by atoms with Crippen LogP contribution >= 0.6 is 0 Å². The fraction of sp³-hybridized carbons (Fsp3) is 0.0909. The summed E-state index contributed by atoms with van der Waals surface area (Å²) in [7, 11) is 0. The minimum Gasteiger partial charge on any atom is -0.166 e. The van der Waals surface area contributed by atoms with Crippen molar-refractivity contribution in [2.75, 3.05) is 0 Å². The van der Waals surface area contributed by atoms with Gasteiger partial charge in [0.25, 0.3) is 0 Å². The lowest BCUT2D eigenvalue weighted by atomic mass is 10.1. The third-order valence-electron chi connectivity index (χ3n) is 1.98. The Morgan fingerprint density at radius 3 is 2.29 bits per heavy atom. The molecule has 0 aliphatic rings. The van der Waals surface area contributed by atoms with Gasteiger partial charge in [-0.1, -0.05) is 24.3 Å². The van der Waals surface area contributed by atoms with Gasteiger partial charge in [0.05, 0.1) is 5.56 Å². The summed E-state index contributed by atoms with van der Waals surface area (Å²) in [6.07, 6.45) is -4.32. The van der Waals surface area contributed by atoms with Gasteiger partial charge in [-0.3, -0.25) is 0 Å². The maximum atomic E-state index is 12.3. The molecule has 0 nitrogen and oxygen atoms in total. The first-order valence-electron chi connectivity index (χ1n) is 4.05. The van der Waals surface area contributed by atoms with Crippen molar-refractivity contribution in [3.05, 3.63) is 48.0 Å². The van der Waals surface area contributed by atoms with E-state index in [4.69, 9.17) is 0 Å². The number of alkyl halides is 3. The summed E-state index contributed by atoms with van der Waals surface area (Å²) in [6.45, 7) is 0. The summed E-state index contributed by atoms with van der Waals surface area (Å²) >= 11 is 0. The molecular weight excluding hydrogens is 189 g/mol. The summed E-state index contributed by atoms with van der Waals surface area (Å²) in [4.78, 5) is 0. The molecule has 0 saturated heterocycles. The fourth-order valence-corrected chi connectivity index (χ4v) is 1.29. The van der Waals surface area contributed by atoms with Gasteiger partial charge >= 0.3 is 6.18 Å². The Morgan fingerprint density at radius 1 is 1.00 bits per heavy atom. The molecule has 0 saturated carbocycles. The lowest BCUT2D eigenvalue weighted by Gasteiger charge is -2.06. The summed E-state index contributed by atoms with van der Waals surface area (Å²) in [5, 5.41) is 1.35. The average molecular weight is 195 g/mol. The van der Waals surface area contributed by atoms with E-state index in [1.54, 1.807) is 24.3 Å². The van der Waals surface area contributed by atoms with Crippen LogP contribution in [0.1, 0.15) is 5.56 Å². The van der Waals surface area contributed by atoms with Crippen LogP contribution in [-0.4, -0.2) is 0 Å². The highest BCUT2D eigenvalue weighted by Gasteiger charge is 2.30. The molecule has 2 rings (SSSR count). The van der Waals surface area contributed by atoms with Crippen molar-refractivity contribution in [1.29, 1.82) is 0 Å². The monoisotopic (exact) mass is 195 g/mol. The summed E-state index contributed by atoms with van der Waals surface area (Å²) in [5.41, 5.74) is -0.726. The molecule has 14 heavy (non-hydrogen) atoms. The summed E-state index contributed by atoms with van der Waals surface area (Å²) in [5.74, 6) is 0. The molecule has 0 amide bonds. The Kier molecular flexibility index (Phi) is 1.95. The van der Waals surface area contributed by atoms with E-state index in [-0.39, 0.29) is 0 Å². The Morgan fingerprint density at radius 2 is 1.64 bits per heavy atom. The minimum absolute atomic E-state index is 0.582. The van der Waals surface area contributed by atoms with Crippen LogP contribution in [0.2, 0.25) is 0 Å². The van der Waals surface area contributed by atoms with Crippen LogP contribution in [0.4, 0.5) is 13.2 Å². The van der Waals surface area contributed by atoms with E-state index in [1.165, 1.54) is 6.07 Å². The second-order valence-electron chi connectivity index (χ2n) is 2.97. The third kappa shape index (κ3) is 1.58. The van der Waals surface area contributed by atoms with Crippen molar-refractivity contribution in [2.24, 2.45) is 0 Å². The molecule has 0 unspecified atom stereocenters. The molecule has 1 radical (unpaired) electrons. The number of halogens is 3. The van der Waals surface area contributed by atoms with Crippen molar-refractivity contribution >= 4 is 10.8 Å². The molecule has 0 bridgehead atoms. The van der Waals surface area contributed by atoms with Gasteiger partial charge < -0.3 is 0 Å². The Balaban J connectivity index is 2.63. The predicted molar refractivity (Wildman–Crippen MR) is 47.8 cm³/mol. The van der Waals surface area contributed by atoms with Crippen molar-refractivity contribution in [1.82, 2.24) is 0 Å². The van der Waals surface area contributed by atoms with Crippen LogP contribution in [-0.2, 0) is 6.18 Å². The predicted octanol–water partition coefficient (Wildman–Crippen LogP) is 3.66. The summed E-state index contributed by atoms with van der Waals surface area (Å²) in [6, 6.07) is 11.6. The van der Waals surface area contributed by atoms with E-state index in [1.807, 2.05) is 0 Å². The standard InChI is InChI=1S/C11H6F3/c12-11(13,14)10-6-5-8-3-1-2-4-9(8)7-10/h1-5,7H. The highest BCUT2D eigenvalue weighted by Crippen LogP contribution is 2.30. The van der Waals surface area contributed by atoms with Gasteiger partial charge in [-0.05, 0) is 29.0 Å². The smallest absolute Gasteiger partial charge is 0.166 e. The number of fused-ring (bicyclic) bond motifs is 1. The van der Waals surface area contributed by atoms with E-state index >= 15 is 0 Å². The van der Waals surface area contributed by atoms with E-state index in [9.17, 15) is 13.2 Å². The molecule has 0 fully saturated rings. The van der Waals surface area contributed by atoms with Crippen LogP contribution < -0.4 is 0 Å². The second-order valence-corrected chi connectivity index (χ2v) is 2.97. The SMILES string of the molecule is FC(F)(F)c1[c]cc2ccccc2c1. The molecule has 0 atom stereocenters. The third-order valence-corrected chi connectivity index (χ3v) is 1.98. The van der Waals surface area contributed by atoms with Crippen LogP contribution in [0.3, 0.4) is 0 Å². The Hall–Kier alpha value is -1.51. The summed E-state index contributed by atoms with van der Waals surface area (Å²) < 4.78 is 36.9. The quantitative estimate of drug-likeness (QED) is 0.601. The maximum absolute atomic E-state index is 12.3. The number of hydrogen-bond donors (Lipinski definition) is 0. The maximum Gasteiger partial charge on any atom is 0.417 e. The molecule has 0 heterocycles. The zero-order valence-electron chi connectivity index (χ0n) is 7.10. The molecule has 2 aromatic rings. The van der Waals surface area contributed by atoms with Crippen LogP contribution in [0.15, 0.2) is 36.4 Å². The molecule has 0 aromatic heterocycles. The van der Waals surface area contributed by atoms with Crippen molar-refractivity contribution in [3.8, 4) is 0 Å². The van der Waals surface area contributed by atoms with E-state index in [0.29, 0.717) is 5.39 Å². The van der Waals surface area contributed by atoms with Crippen LogP contribution in [0.25, 0.3) is 10.8 Å². The van der Waals surface area contributed by atoms with Crippen molar-refractivity contribution < 1.29 is 13.2 Å². The van der Waals surface area contributed by atoms with Crippen LogP contribution in [0.5, 0.6) is 0 Å². The lowest BCUT2D eigenvalue weighted by Crippen LogP contribution is -2.04. The number of benzene rings is 2. The van der Waals surface area contributed by atoms with Gasteiger partial charge in [0, 0.05) is 0 Å². The first-order valence-corrected chi connectivity index (χ1v) is 4.05. The van der Waals surface area contributed by atoms with E-state index < -0.39 is 11.7 Å².